The Kier molecular flexibility index (Phi) is 8.88. The molecule has 0 bridgehead atoms. The molecular formula is C20H27Cl2FN6S. The SMILES string of the molecule is Cc1nc(N[C@H]2CC[C@@H](NC(=S)Nc3ccc(F)c(Cl)c3)CC2)cc(N(C)C)n1.Cl. The highest BCUT2D eigenvalue weighted by molar-refractivity contribution is 7.80. The second-order valence-corrected chi connectivity index (χ2v) is 8.29. The van der Waals surface area contributed by atoms with E-state index in [-0.39, 0.29) is 17.4 Å². The molecule has 0 spiro atoms. The zero-order valence-electron chi connectivity index (χ0n) is 17.2. The minimum Gasteiger partial charge on any atom is -0.367 e. The Morgan fingerprint density at radius 3 is 2.43 bits per heavy atom. The van der Waals surface area contributed by atoms with E-state index in [2.05, 4.69) is 25.9 Å². The van der Waals surface area contributed by atoms with Gasteiger partial charge in [0.05, 0.1) is 5.02 Å². The number of thiocarbonyl (C=S) groups is 1. The van der Waals surface area contributed by atoms with Gasteiger partial charge in [0.1, 0.15) is 23.3 Å². The first-order valence-corrected chi connectivity index (χ1v) is 10.4. The molecule has 2 aromatic rings. The Morgan fingerprint density at radius 2 is 1.80 bits per heavy atom. The van der Waals surface area contributed by atoms with Crippen LogP contribution in [0.25, 0.3) is 0 Å². The van der Waals surface area contributed by atoms with E-state index in [9.17, 15) is 4.39 Å². The lowest BCUT2D eigenvalue weighted by Crippen LogP contribution is -2.42. The lowest BCUT2D eigenvalue weighted by molar-refractivity contribution is 0.388. The molecule has 1 aromatic carbocycles. The second kappa shape index (κ2) is 10.9. The van der Waals surface area contributed by atoms with Crippen molar-refractivity contribution in [1.82, 2.24) is 15.3 Å². The van der Waals surface area contributed by atoms with Crippen molar-refractivity contribution in [3.05, 3.63) is 40.9 Å². The molecule has 0 aliphatic heterocycles. The van der Waals surface area contributed by atoms with E-state index in [0.717, 1.165) is 43.1 Å². The first-order valence-electron chi connectivity index (χ1n) is 9.62. The summed E-state index contributed by atoms with van der Waals surface area (Å²) in [6.45, 7) is 1.90. The number of benzene rings is 1. The van der Waals surface area contributed by atoms with Crippen LogP contribution in [0.3, 0.4) is 0 Å². The summed E-state index contributed by atoms with van der Waals surface area (Å²) in [7, 11) is 3.94. The Balaban J connectivity index is 0.00000320. The average molecular weight is 473 g/mol. The topological polar surface area (TPSA) is 65.1 Å². The van der Waals surface area contributed by atoms with Gasteiger partial charge in [0.15, 0.2) is 5.11 Å². The molecule has 6 nitrogen and oxygen atoms in total. The minimum absolute atomic E-state index is 0. The molecule has 0 amide bonds. The smallest absolute Gasteiger partial charge is 0.170 e. The maximum absolute atomic E-state index is 13.3. The van der Waals surface area contributed by atoms with Crippen molar-refractivity contribution in [3.8, 4) is 0 Å². The van der Waals surface area contributed by atoms with E-state index >= 15 is 0 Å². The number of halogens is 3. The Hall–Kier alpha value is -1.90. The van der Waals surface area contributed by atoms with E-state index in [0.29, 0.717) is 22.9 Å². The first-order chi connectivity index (χ1) is 13.8. The number of aromatic nitrogens is 2. The van der Waals surface area contributed by atoms with Gasteiger partial charge in [-0.2, -0.15) is 0 Å². The average Bonchev–Trinajstić information content (AvgIpc) is 2.66. The fourth-order valence-corrected chi connectivity index (χ4v) is 3.84. The molecule has 164 valence electrons. The summed E-state index contributed by atoms with van der Waals surface area (Å²) in [5.41, 5.74) is 0.667. The maximum Gasteiger partial charge on any atom is 0.170 e. The summed E-state index contributed by atoms with van der Waals surface area (Å²) in [5, 5.41) is 10.5. The van der Waals surface area contributed by atoms with Crippen molar-refractivity contribution in [3.63, 3.8) is 0 Å². The van der Waals surface area contributed by atoms with Gasteiger partial charge < -0.3 is 20.9 Å². The molecule has 0 unspecified atom stereocenters. The van der Waals surface area contributed by atoms with Gasteiger partial charge in [-0.15, -0.1) is 12.4 Å². The fourth-order valence-electron chi connectivity index (χ4n) is 3.37. The predicted octanol–water partition coefficient (Wildman–Crippen LogP) is 4.78. The monoisotopic (exact) mass is 472 g/mol. The molecule has 0 saturated heterocycles. The normalized spacial score (nSPS) is 18.2. The Bertz CT molecular complexity index is 874. The molecule has 10 heteroatoms. The highest BCUT2D eigenvalue weighted by atomic mass is 35.5. The molecule has 0 radical (unpaired) electrons. The Labute approximate surface area is 193 Å². The third-order valence-corrected chi connectivity index (χ3v) is 5.38. The molecule has 1 saturated carbocycles. The van der Waals surface area contributed by atoms with Crippen LogP contribution in [-0.2, 0) is 0 Å². The van der Waals surface area contributed by atoms with Crippen LogP contribution in [0.15, 0.2) is 24.3 Å². The van der Waals surface area contributed by atoms with Crippen LogP contribution in [0.2, 0.25) is 5.02 Å². The number of hydrogen-bond donors (Lipinski definition) is 3. The van der Waals surface area contributed by atoms with Crippen molar-refractivity contribution >= 4 is 58.7 Å². The largest absolute Gasteiger partial charge is 0.367 e. The van der Waals surface area contributed by atoms with Crippen molar-refractivity contribution in [2.45, 2.75) is 44.7 Å². The number of hydrogen-bond acceptors (Lipinski definition) is 5. The summed E-state index contributed by atoms with van der Waals surface area (Å²) in [6, 6.07) is 7.10. The van der Waals surface area contributed by atoms with Gasteiger partial charge >= 0.3 is 0 Å². The van der Waals surface area contributed by atoms with Crippen molar-refractivity contribution in [2.24, 2.45) is 0 Å². The lowest BCUT2D eigenvalue weighted by Gasteiger charge is -2.31. The highest BCUT2D eigenvalue weighted by Gasteiger charge is 2.22. The van der Waals surface area contributed by atoms with E-state index < -0.39 is 5.82 Å². The maximum atomic E-state index is 13.3. The highest BCUT2D eigenvalue weighted by Crippen LogP contribution is 2.24. The van der Waals surface area contributed by atoms with Crippen LogP contribution in [0.1, 0.15) is 31.5 Å². The molecular weight excluding hydrogens is 446 g/mol. The molecule has 3 rings (SSSR count). The van der Waals surface area contributed by atoms with Crippen molar-refractivity contribution < 1.29 is 4.39 Å². The van der Waals surface area contributed by atoms with Crippen molar-refractivity contribution in [1.29, 1.82) is 0 Å². The van der Waals surface area contributed by atoms with Gasteiger partial charge in [-0.3, -0.25) is 0 Å². The molecule has 1 aliphatic carbocycles. The zero-order chi connectivity index (χ0) is 21.0. The fraction of sp³-hybridized carbons (Fsp3) is 0.450. The quantitative estimate of drug-likeness (QED) is 0.541. The molecule has 3 N–H and O–H groups in total. The zero-order valence-corrected chi connectivity index (χ0v) is 19.6. The third-order valence-electron chi connectivity index (χ3n) is 4.87. The molecule has 1 heterocycles. The summed E-state index contributed by atoms with van der Waals surface area (Å²) in [4.78, 5) is 10.9. The number of aryl methyl sites for hydroxylation is 1. The van der Waals surface area contributed by atoms with Crippen LogP contribution in [0.4, 0.5) is 21.7 Å². The standard InChI is InChI=1S/C20H26ClFN6S.ClH/c1-12-23-18(11-19(24-12)28(2)3)25-13-4-6-14(7-5-13)26-20(29)27-15-8-9-17(22)16(21)10-15;/h8-11,13-14H,4-7H2,1-3H3,(H,23,24,25)(H2,26,27,29);1H/t13-,14+;. The van der Waals surface area contributed by atoms with E-state index in [4.69, 9.17) is 23.8 Å². The first kappa shape index (κ1) is 24.4. The van der Waals surface area contributed by atoms with Gasteiger partial charge in [0.2, 0.25) is 0 Å². The predicted molar refractivity (Wildman–Crippen MR) is 129 cm³/mol. The minimum atomic E-state index is -0.446. The summed E-state index contributed by atoms with van der Waals surface area (Å²) < 4.78 is 13.3. The van der Waals surface area contributed by atoms with Gasteiger partial charge in [0, 0.05) is 37.9 Å². The van der Waals surface area contributed by atoms with Gasteiger partial charge in [-0.25, -0.2) is 14.4 Å². The van der Waals surface area contributed by atoms with Crippen LogP contribution < -0.4 is 20.9 Å². The molecule has 0 atom stereocenters. The van der Waals surface area contributed by atoms with E-state index in [1.54, 1.807) is 6.07 Å². The molecule has 30 heavy (non-hydrogen) atoms. The third kappa shape index (κ3) is 6.82. The van der Waals surface area contributed by atoms with Gasteiger partial charge in [-0.1, -0.05) is 11.6 Å². The van der Waals surface area contributed by atoms with E-state index in [1.165, 1.54) is 12.1 Å². The molecule has 1 aromatic heterocycles. The van der Waals surface area contributed by atoms with Crippen LogP contribution >= 0.6 is 36.2 Å². The summed E-state index contributed by atoms with van der Waals surface area (Å²) in [6.07, 6.45) is 4.02. The number of rotatable bonds is 5. The molecule has 1 fully saturated rings. The van der Waals surface area contributed by atoms with E-state index in [1.807, 2.05) is 32.0 Å². The second-order valence-electron chi connectivity index (χ2n) is 7.47. The summed E-state index contributed by atoms with van der Waals surface area (Å²) >= 11 is 11.2. The number of nitrogens with one attached hydrogen (secondary N) is 3. The van der Waals surface area contributed by atoms with Crippen molar-refractivity contribution in [2.75, 3.05) is 29.6 Å². The lowest BCUT2D eigenvalue weighted by atomic mass is 9.91. The number of anilines is 3. The van der Waals surface area contributed by atoms with Gasteiger partial charge in [-0.05, 0) is 63.0 Å². The van der Waals surface area contributed by atoms with Crippen LogP contribution in [0.5, 0.6) is 0 Å². The Morgan fingerprint density at radius 1 is 1.13 bits per heavy atom. The van der Waals surface area contributed by atoms with Gasteiger partial charge in [0.25, 0.3) is 0 Å². The number of nitrogens with zero attached hydrogens (tertiary/aromatic N) is 3. The summed E-state index contributed by atoms with van der Waals surface area (Å²) in [5.74, 6) is 2.07. The van der Waals surface area contributed by atoms with Crippen LogP contribution in [-0.4, -0.2) is 41.3 Å². The van der Waals surface area contributed by atoms with Crippen LogP contribution in [0, 0.1) is 12.7 Å². The molecule has 1 aliphatic rings.